The highest BCUT2D eigenvalue weighted by Gasteiger charge is 2.13. The number of benzene rings is 1. The lowest BCUT2D eigenvalue weighted by Crippen LogP contribution is -2.17. The van der Waals surface area contributed by atoms with E-state index in [0.717, 1.165) is 0 Å². The molecule has 0 spiro atoms. The Morgan fingerprint density at radius 3 is 2.65 bits per heavy atom. The molecule has 5 heteroatoms. The van der Waals surface area contributed by atoms with Crippen molar-refractivity contribution in [2.45, 2.75) is 26.1 Å². The second kappa shape index (κ2) is 6.69. The molecule has 17 heavy (non-hydrogen) atoms. The van der Waals surface area contributed by atoms with Gasteiger partial charge in [-0.3, -0.25) is 0 Å². The molecule has 0 fully saturated rings. The third-order valence-electron chi connectivity index (χ3n) is 2.38. The highest BCUT2D eigenvalue weighted by atomic mass is 35.5. The highest BCUT2D eigenvalue weighted by molar-refractivity contribution is 6.30. The molecule has 0 saturated carbocycles. The second-order valence-electron chi connectivity index (χ2n) is 3.63. The van der Waals surface area contributed by atoms with E-state index in [1.54, 1.807) is 12.1 Å². The van der Waals surface area contributed by atoms with E-state index in [-0.39, 0.29) is 13.2 Å². The molecule has 0 bridgehead atoms. The van der Waals surface area contributed by atoms with Crippen molar-refractivity contribution in [2.75, 3.05) is 13.7 Å². The van der Waals surface area contributed by atoms with Gasteiger partial charge >= 0.3 is 0 Å². The van der Waals surface area contributed by atoms with Gasteiger partial charge in [0.15, 0.2) is 11.5 Å². The quantitative estimate of drug-likeness (QED) is 0.821. The first-order valence-corrected chi connectivity index (χ1v) is 5.78. The molecule has 1 rings (SSSR count). The molecule has 1 aromatic rings. The van der Waals surface area contributed by atoms with E-state index in [4.69, 9.17) is 21.1 Å². The summed E-state index contributed by atoms with van der Waals surface area (Å²) in [6, 6.07) is 3.21. The second-order valence-corrected chi connectivity index (χ2v) is 4.06. The molecule has 0 aliphatic carbocycles. The molecule has 0 heterocycles. The van der Waals surface area contributed by atoms with Crippen LogP contribution in [0.3, 0.4) is 0 Å². The Kier molecular flexibility index (Phi) is 5.55. The molecule has 96 valence electrons. The van der Waals surface area contributed by atoms with Crippen LogP contribution in [-0.2, 0) is 6.61 Å². The number of aliphatic hydroxyl groups is 2. The Bertz CT molecular complexity index is 343. The largest absolute Gasteiger partial charge is 0.493 e. The Labute approximate surface area is 106 Å². The van der Waals surface area contributed by atoms with Gasteiger partial charge in [0.25, 0.3) is 0 Å². The molecule has 1 unspecified atom stereocenters. The normalized spacial score (nSPS) is 12.3. The zero-order valence-corrected chi connectivity index (χ0v) is 10.7. The van der Waals surface area contributed by atoms with Crippen LogP contribution in [0.15, 0.2) is 12.1 Å². The lowest BCUT2D eigenvalue weighted by molar-refractivity contribution is 0.101. The van der Waals surface area contributed by atoms with E-state index < -0.39 is 6.10 Å². The minimum Gasteiger partial charge on any atom is -0.493 e. The summed E-state index contributed by atoms with van der Waals surface area (Å²) in [6.07, 6.45) is 0.0617. The first-order chi connectivity index (χ1) is 8.12. The van der Waals surface area contributed by atoms with E-state index >= 15 is 0 Å². The third kappa shape index (κ3) is 3.77. The van der Waals surface area contributed by atoms with Gasteiger partial charge in [-0.05, 0) is 12.5 Å². The van der Waals surface area contributed by atoms with E-state index in [1.807, 2.05) is 6.92 Å². The predicted molar refractivity (Wildman–Crippen MR) is 65.7 cm³/mol. The topological polar surface area (TPSA) is 58.9 Å². The van der Waals surface area contributed by atoms with Gasteiger partial charge in [-0.1, -0.05) is 18.5 Å². The van der Waals surface area contributed by atoms with Crippen molar-refractivity contribution in [2.24, 2.45) is 0 Å². The maximum absolute atomic E-state index is 9.45. The van der Waals surface area contributed by atoms with Crippen molar-refractivity contribution in [3.63, 3.8) is 0 Å². The van der Waals surface area contributed by atoms with Gasteiger partial charge < -0.3 is 19.7 Å². The maximum atomic E-state index is 9.45. The average Bonchev–Trinajstić information content (AvgIpc) is 2.35. The van der Waals surface area contributed by atoms with Gasteiger partial charge in [-0.25, -0.2) is 0 Å². The minimum atomic E-state index is -0.540. The minimum absolute atomic E-state index is 0.154. The number of hydrogen-bond donors (Lipinski definition) is 2. The average molecular weight is 261 g/mol. The molecule has 1 atom stereocenters. The smallest absolute Gasteiger partial charge is 0.166 e. The van der Waals surface area contributed by atoms with E-state index in [1.165, 1.54) is 7.11 Å². The third-order valence-corrected chi connectivity index (χ3v) is 2.60. The van der Waals surface area contributed by atoms with Gasteiger partial charge in [0.1, 0.15) is 6.61 Å². The zero-order valence-electron chi connectivity index (χ0n) is 9.94. The fourth-order valence-electron chi connectivity index (χ4n) is 1.35. The maximum Gasteiger partial charge on any atom is 0.166 e. The van der Waals surface area contributed by atoms with Crippen LogP contribution in [-0.4, -0.2) is 30.0 Å². The first-order valence-electron chi connectivity index (χ1n) is 5.40. The molecular formula is C12H17ClO4. The summed E-state index contributed by atoms with van der Waals surface area (Å²) in [5.41, 5.74) is 0.539. The summed E-state index contributed by atoms with van der Waals surface area (Å²) in [4.78, 5) is 0. The number of ether oxygens (including phenoxy) is 2. The van der Waals surface area contributed by atoms with Gasteiger partial charge in [-0.15, -0.1) is 0 Å². The molecule has 2 N–H and O–H groups in total. The number of methoxy groups -OCH3 is 1. The van der Waals surface area contributed by atoms with Crippen LogP contribution in [0, 0.1) is 0 Å². The zero-order chi connectivity index (χ0) is 12.8. The monoisotopic (exact) mass is 260 g/mol. The Balaban J connectivity index is 2.94. The number of aliphatic hydroxyl groups excluding tert-OH is 2. The molecule has 0 aliphatic heterocycles. The number of hydrogen-bond acceptors (Lipinski definition) is 4. The van der Waals surface area contributed by atoms with Crippen LogP contribution < -0.4 is 9.47 Å². The van der Waals surface area contributed by atoms with E-state index in [2.05, 4.69) is 0 Å². The van der Waals surface area contributed by atoms with Crippen LogP contribution in [0.25, 0.3) is 0 Å². The van der Waals surface area contributed by atoms with Gasteiger partial charge in [0, 0.05) is 16.7 Å². The van der Waals surface area contributed by atoms with Gasteiger partial charge in [0.05, 0.1) is 19.8 Å². The molecule has 0 radical (unpaired) electrons. The van der Waals surface area contributed by atoms with E-state index in [0.29, 0.717) is 28.5 Å². The van der Waals surface area contributed by atoms with Crippen LogP contribution in [0.2, 0.25) is 5.02 Å². The van der Waals surface area contributed by atoms with Crippen molar-refractivity contribution >= 4 is 11.6 Å². The van der Waals surface area contributed by atoms with Crippen LogP contribution in [0.1, 0.15) is 18.9 Å². The molecule has 0 aliphatic rings. The van der Waals surface area contributed by atoms with Crippen molar-refractivity contribution in [3.05, 3.63) is 22.7 Å². The predicted octanol–water partition coefficient (Wildman–Crippen LogP) is 1.99. The molecule has 4 nitrogen and oxygen atoms in total. The SMILES string of the molecule is CCC(O)COc1c(CO)cc(Cl)cc1OC. The Morgan fingerprint density at radius 2 is 2.12 bits per heavy atom. The fourth-order valence-corrected chi connectivity index (χ4v) is 1.58. The summed E-state index contributed by atoms with van der Waals surface area (Å²) < 4.78 is 10.6. The first kappa shape index (κ1) is 14.1. The van der Waals surface area contributed by atoms with Crippen molar-refractivity contribution < 1.29 is 19.7 Å². The van der Waals surface area contributed by atoms with Crippen LogP contribution >= 0.6 is 11.6 Å². The lowest BCUT2D eigenvalue weighted by atomic mass is 10.2. The molecule has 0 saturated heterocycles. The summed E-state index contributed by atoms with van der Waals surface area (Å²) in [5, 5.41) is 19.1. The van der Waals surface area contributed by atoms with Gasteiger partial charge in [0.2, 0.25) is 0 Å². The molecule has 1 aromatic carbocycles. The highest BCUT2D eigenvalue weighted by Crippen LogP contribution is 2.34. The van der Waals surface area contributed by atoms with Crippen molar-refractivity contribution in [1.82, 2.24) is 0 Å². The van der Waals surface area contributed by atoms with Crippen molar-refractivity contribution in [3.8, 4) is 11.5 Å². The Hall–Kier alpha value is -0.970. The fraction of sp³-hybridized carbons (Fsp3) is 0.500. The van der Waals surface area contributed by atoms with Crippen LogP contribution in [0.4, 0.5) is 0 Å². The summed E-state index contributed by atoms with van der Waals surface area (Å²) in [6.45, 7) is 1.82. The van der Waals surface area contributed by atoms with E-state index in [9.17, 15) is 10.2 Å². The summed E-state index contributed by atoms with van der Waals surface area (Å²) in [5.74, 6) is 0.872. The Morgan fingerprint density at radius 1 is 1.41 bits per heavy atom. The summed E-state index contributed by atoms with van der Waals surface area (Å²) >= 11 is 5.87. The molecule has 0 amide bonds. The molecule has 0 aromatic heterocycles. The number of halogens is 1. The van der Waals surface area contributed by atoms with Crippen molar-refractivity contribution in [1.29, 1.82) is 0 Å². The number of rotatable bonds is 6. The summed E-state index contributed by atoms with van der Waals surface area (Å²) in [7, 11) is 1.50. The van der Waals surface area contributed by atoms with Crippen LogP contribution in [0.5, 0.6) is 11.5 Å². The van der Waals surface area contributed by atoms with Gasteiger partial charge in [-0.2, -0.15) is 0 Å². The standard InChI is InChI=1S/C12H17ClO4/c1-3-10(15)7-17-12-8(6-14)4-9(13)5-11(12)16-2/h4-5,10,14-15H,3,6-7H2,1-2H3. The molecular weight excluding hydrogens is 244 g/mol. The lowest BCUT2D eigenvalue weighted by Gasteiger charge is -2.16.